The highest BCUT2D eigenvalue weighted by Gasteiger charge is 2.12. The average molecular weight is 256 g/mol. The van der Waals surface area contributed by atoms with Crippen LogP contribution in [0.5, 0.6) is 5.75 Å². The molecule has 0 aliphatic heterocycles. The van der Waals surface area contributed by atoms with Crippen LogP contribution < -0.4 is 5.32 Å². The van der Waals surface area contributed by atoms with Crippen molar-refractivity contribution in [1.29, 1.82) is 0 Å². The number of amides is 1. The largest absolute Gasteiger partial charge is 0.505 e. The Labute approximate surface area is 112 Å². The van der Waals surface area contributed by atoms with Crippen LogP contribution >= 0.6 is 0 Å². The monoisotopic (exact) mass is 256 g/mol. The number of nitrogens with one attached hydrogen (secondary N) is 1. The number of hydrogen-bond acceptors (Lipinski definition) is 3. The third kappa shape index (κ3) is 3.10. The number of para-hydroxylation sites is 1. The summed E-state index contributed by atoms with van der Waals surface area (Å²) in [5.41, 5.74) is 2.10. The lowest BCUT2D eigenvalue weighted by atomic mass is 10.1. The van der Waals surface area contributed by atoms with Crippen molar-refractivity contribution in [3.63, 3.8) is 0 Å². The molecule has 1 aromatic heterocycles. The van der Waals surface area contributed by atoms with Gasteiger partial charge in [0.1, 0.15) is 5.75 Å². The summed E-state index contributed by atoms with van der Waals surface area (Å²) >= 11 is 0. The minimum Gasteiger partial charge on any atom is -0.505 e. The molecule has 0 unspecified atom stereocenters. The molecule has 0 aliphatic carbocycles. The number of aromatic hydroxyl groups is 1. The van der Waals surface area contributed by atoms with Crippen molar-refractivity contribution in [2.45, 2.75) is 19.8 Å². The van der Waals surface area contributed by atoms with E-state index >= 15 is 0 Å². The third-order valence-corrected chi connectivity index (χ3v) is 2.83. The van der Waals surface area contributed by atoms with Crippen LogP contribution in [0.15, 0.2) is 42.7 Å². The quantitative estimate of drug-likeness (QED) is 0.884. The van der Waals surface area contributed by atoms with E-state index in [0.29, 0.717) is 0 Å². The Morgan fingerprint density at radius 3 is 2.84 bits per heavy atom. The molecule has 98 valence electrons. The fourth-order valence-electron chi connectivity index (χ4n) is 1.90. The van der Waals surface area contributed by atoms with Gasteiger partial charge in [0, 0.05) is 11.9 Å². The number of carbonyl (C=O) groups is 1. The summed E-state index contributed by atoms with van der Waals surface area (Å²) in [4.78, 5) is 15.8. The van der Waals surface area contributed by atoms with Gasteiger partial charge < -0.3 is 10.4 Å². The predicted octanol–water partition coefficient (Wildman–Crippen LogP) is 2.99. The standard InChI is InChI=1S/C15H16N2O2/c1-2-5-11-6-3-4-7-13(11)17-15(19)12-8-9-16-10-14(12)18/h3-4,6-10,18H,2,5H2,1H3,(H,17,19). The minimum absolute atomic E-state index is 0.118. The third-order valence-electron chi connectivity index (χ3n) is 2.83. The molecule has 2 rings (SSSR count). The lowest BCUT2D eigenvalue weighted by molar-refractivity contribution is 0.102. The van der Waals surface area contributed by atoms with Crippen LogP contribution in [0.4, 0.5) is 5.69 Å². The summed E-state index contributed by atoms with van der Waals surface area (Å²) in [6.07, 6.45) is 4.64. The van der Waals surface area contributed by atoms with Crippen LogP contribution in [0.2, 0.25) is 0 Å². The van der Waals surface area contributed by atoms with Gasteiger partial charge in [-0.25, -0.2) is 0 Å². The van der Waals surface area contributed by atoms with Gasteiger partial charge in [0.15, 0.2) is 0 Å². The van der Waals surface area contributed by atoms with E-state index in [1.165, 1.54) is 18.5 Å². The molecular formula is C15H16N2O2. The van der Waals surface area contributed by atoms with E-state index in [4.69, 9.17) is 0 Å². The first-order chi connectivity index (χ1) is 9.22. The average Bonchev–Trinajstić information content (AvgIpc) is 2.41. The highest BCUT2D eigenvalue weighted by atomic mass is 16.3. The molecule has 0 spiro atoms. The first-order valence-electron chi connectivity index (χ1n) is 6.24. The lowest BCUT2D eigenvalue weighted by Crippen LogP contribution is -2.13. The highest BCUT2D eigenvalue weighted by Crippen LogP contribution is 2.20. The summed E-state index contributed by atoms with van der Waals surface area (Å²) in [7, 11) is 0. The zero-order valence-corrected chi connectivity index (χ0v) is 10.8. The SMILES string of the molecule is CCCc1ccccc1NC(=O)c1ccncc1O. The molecule has 2 aromatic rings. The van der Waals surface area contributed by atoms with E-state index in [2.05, 4.69) is 17.2 Å². The number of nitrogens with zero attached hydrogens (tertiary/aromatic N) is 1. The van der Waals surface area contributed by atoms with Gasteiger partial charge in [0.05, 0.1) is 11.8 Å². The van der Waals surface area contributed by atoms with Crippen LogP contribution in [0.25, 0.3) is 0 Å². The first kappa shape index (κ1) is 13.1. The molecule has 0 radical (unpaired) electrons. The molecule has 0 bridgehead atoms. The van der Waals surface area contributed by atoms with Gasteiger partial charge in [-0.1, -0.05) is 31.5 Å². The molecule has 4 nitrogen and oxygen atoms in total. The molecule has 0 atom stereocenters. The number of anilines is 1. The number of rotatable bonds is 4. The van der Waals surface area contributed by atoms with Gasteiger partial charge >= 0.3 is 0 Å². The Morgan fingerprint density at radius 1 is 1.32 bits per heavy atom. The van der Waals surface area contributed by atoms with Crippen LogP contribution in [0.1, 0.15) is 29.3 Å². The zero-order chi connectivity index (χ0) is 13.7. The van der Waals surface area contributed by atoms with Crippen LogP contribution in [0.3, 0.4) is 0 Å². The van der Waals surface area contributed by atoms with Gasteiger partial charge in [0.2, 0.25) is 0 Å². The maximum atomic E-state index is 12.1. The van der Waals surface area contributed by atoms with Crippen molar-refractivity contribution in [1.82, 2.24) is 4.98 Å². The zero-order valence-electron chi connectivity index (χ0n) is 10.8. The first-order valence-corrected chi connectivity index (χ1v) is 6.24. The normalized spacial score (nSPS) is 10.2. The van der Waals surface area contributed by atoms with Crippen molar-refractivity contribution >= 4 is 11.6 Å². The molecule has 0 aliphatic rings. The van der Waals surface area contributed by atoms with E-state index < -0.39 is 0 Å². The van der Waals surface area contributed by atoms with Gasteiger partial charge in [-0.3, -0.25) is 9.78 Å². The number of pyridine rings is 1. The van der Waals surface area contributed by atoms with E-state index in [-0.39, 0.29) is 17.2 Å². The molecule has 2 N–H and O–H groups in total. The number of hydrogen-bond donors (Lipinski definition) is 2. The minimum atomic E-state index is -0.330. The molecule has 0 fully saturated rings. The molecular weight excluding hydrogens is 240 g/mol. The topological polar surface area (TPSA) is 62.2 Å². The van der Waals surface area contributed by atoms with E-state index in [1.807, 2.05) is 24.3 Å². The Morgan fingerprint density at radius 2 is 2.11 bits per heavy atom. The Hall–Kier alpha value is -2.36. The molecule has 0 saturated heterocycles. The summed E-state index contributed by atoms with van der Waals surface area (Å²) in [6.45, 7) is 2.09. The number of aromatic nitrogens is 1. The van der Waals surface area contributed by atoms with E-state index in [0.717, 1.165) is 24.1 Å². The summed E-state index contributed by atoms with van der Waals surface area (Å²) in [5.74, 6) is -0.448. The Kier molecular flexibility index (Phi) is 4.13. The van der Waals surface area contributed by atoms with Gasteiger partial charge in [0.25, 0.3) is 5.91 Å². The number of carbonyl (C=O) groups excluding carboxylic acids is 1. The molecule has 1 aromatic carbocycles. The van der Waals surface area contributed by atoms with Crippen molar-refractivity contribution < 1.29 is 9.90 Å². The highest BCUT2D eigenvalue weighted by molar-refractivity contribution is 6.06. The second kappa shape index (κ2) is 6.00. The second-order valence-corrected chi connectivity index (χ2v) is 4.25. The Bertz CT molecular complexity index is 582. The fourth-order valence-corrected chi connectivity index (χ4v) is 1.90. The Balaban J connectivity index is 2.22. The molecule has 1 amide bonds. The van der Waals surface area contributed by atoms with Crippen molar-refractivity contribution in [3.05, 3.63) is 53.9 Å². The molecule has 4 heteroatoms. The van der Waals surface area contributed by atoms with Crippen LogP contribution in [-0.2, 0) is 6.42 Å². The van der Waals surface area contributed by atoms with E-state index in [1.54, 1.807) is 0 Å². The summed E-state index contributed by atoms with van der Waals surface area (Å²) < 4.78 is 0. The molecule has 0 saturated carbocycles. The van der Waals surface area contributed by atoms with Gasteiger partial charge in [-0.05, 0) is 24.1 Å². The lowest BCUT2D eigenvalue weighted by Gasteiger charge is -2.10. The van der Waals surface area contributed by atoms with E-state index in [9.17, 15) is 9.90 Å². The van der Waals surface area contributed by atoms with Crippen molar-refractivity contribution in [3.8, 4) is 5.75 Å². The van der Waals surface area contributed by atoms with Crippen molar-refractivity contribution in [2.75, 3.05) is 5.32 Å². The molecule has 19 heavy (non-hydrogen) atoms. The second-order valence-electron chi connectivity index (χ2n) is 4.25. The maximum absolute atomic E-state index is 12.1. The van der Waals surface area contributed by atoms with Gasteiger partial charge in [-0.2, -0.15) is 0 Å². The number of aryl methyl sites for hydroxylation is 1. The van der Waals surface area contributed by atoms with Gasteiger partial charge in [-0.15, -0.1) is 0 Å². The van der Waals surface area contributed by atoms with Crippen LogP contribution in [-0.4, -0.2) is 16.0 Å². The fraction of sp³-hybridized carbons (Fsp3) is 0.200. The predicted molar refractivity (Wildman–Crippen MR) is 74.3 cm³/mol. The van der Waals surface area contributed by atoms with Crippen LogP contribution in [0, 0.1) is 0 Å². The van der Waals surface area contributed by atoms with Crippen molar-refractivity contribution in [2.24, 2.45) is 0 Å². The summed E-state index contributed by atoms with van der Waals surface area (Å²) in [5, 5.41) is 12.4. The number of benzene rings is 1. The summed E-state index contributed by atoms with van der Waals surface area (Å²) in [6, 6.07) is 9.17. The molecule has 1 heterocycles. The maximum Gasteiger partial charge on any atom is 0.259 e. The smallest absolute Gasteiger partial charge is 0.259 e.